The van der Waals surface area contributed by atoms with Gasteiger partial charge in [-0.25, -0.2) is 4.98 Å². The first kappa shape index (κ1) is 19.8. The molecule has 0 spiro atoms. The molecule has 32 heavy (non-hydrogen) atoms. The fraction of sp³-hybridized carbons (Fsp3) is 0.0870. The molecule has 5 rings (SSSR count). The van der Waals surface area contributed by atoms with E-state index in [4.69, 9.17) is 9.84 Å². The molecule has 0 saturated heterocycles. The van der Waals surface area contributed by atoms with Crippen molar-refractivity contribution in [3.63, 3.8) is 0 Å². The zero-order valence-electron chi connectivity index (χ0n) is 17.1. The van der Waals surface area contributed by atoms with Crippen molar-refractivity contribution in [1.29, 1.82) is 0 Å². The van der Waals surface area contributed by atoms with E-state index >= 15 is 0 Å². The summed E-state index contributed by atoms with van der Waals surface area (Å²) in [6, 6.07) is 18.6. The molecule has 0 aliphatic rings. The average Bonchev–Trinajstić information content (AvgIpc) is 3.49. The van der Waals surface area contributed by atoms with Crippen LogP contribution >= 0.6 is 11.3 Å². The summed E-state index contributed by atoms with van der Waals surface area (Å²) < 4.78 is 7.19. The summed E-state index contributed by atoms with van der Waals surface area (Å²) in [7, 11) is 0. The maximum Gasteiger partial charge on any atom is 0.261 e. The second-order valence-electron chi connectivity index (χ2n) is 6.81. The topological polar surface area (TPSA) is 94.3 Å². The van der Waals surface area contributed by atoms with Crippen molar-refractivity contribution < 1.29 is 9.53 Å². The number of rotatable bonds is 6. The number of hydrogen-bond acceptors (Lipinski definition) is 7. The SMILES string of the molecule is CCOc1ncccc1C(=O)Nc1ccc(-c2ccc3nnc(-c4cccs4)n3n2)cc1. The van der Waals surface area contributed by atoms with E-state index in [1.807, 2.05) is 60.8 Å². The van der Waals surface area contributed by atoms with Crippen LogP contribution in [-0.4, -0.2) is 37.3 Å². The summed E-state index contributed by atoms with van der Waals surface area (Å²) in [5.41, 5.74) is 3.42. The van der Waals surface area contributed by atoms with Crippen LogP contribution in [0.5, 0.6) is 5.88 Å². The second-order valence-corrected chi connectivity index (χ2v) is 7.76. The third-order valence-corrected chi connectivity index (χ3v) is 5.61. The number of amides is 1. The fourth-order valence-electron chi connectivity index (χ4n) is 3.24. The van der Waals surface area contributed by atoms with Gasteiger partial charge in [-0.3, -0.25) is 4.79 Å². The van der Waals surface area contributed by atoms with Crippen molar-refractivity contribution in [3.05, 3.63) is 77.8 Å². The molecule has 0 atom stereocenters. The summed E-state index contributed by atoms with van der Waals surface area (Å²) in [5.74, 6) is 0.748. The van der Waals surface area contributed by atoms with Crippen LogP contribution in [0.2, 0.25) is 0 Å². The molecule has 4 heterocycles. The van der Waals surface area contributed by atoms with E-state index in [9.17, 15) is 4.79 Å². The lowest BCUT2D eigenvalue weighted by Gasteiger charge is -2.10. The van der Waals surface area contributed by atoms with Crippen LogP contribution in [0.3, 0.4) is 0 Å². The average molecular weight is 443 g/mol. The van der Waals surface area contributed by atoms with E-state index in [0.29, 0.717) is 35.2 Å². The van der Waals surface area contributed by atoms with E-state index < -0.39 is 0 Å². The Morgan fingerprint density at radius 1 is 1.06 bits per heavy atom. The van der Waals surface area contributed by atoms with Gasteiger partial charge < -0.3 is 10.1 Å². The quantitative estimate of drug-likeness (QED) is 0.414. The number of nitrogens with zero attached hydrogens (tertiary/aromatic N) is 5. The van der Waals surface area contributed by atoms with Crippen molar-refractivity contribution in [2.24, 2.45) is 0 Å². The zero-order chi connectivity index (χ0) is 21.9. The van der Waals surface area contributed by atoms with Gasteiger partial charge in [0, 0.05) is 17.4 Å². The molecule has 1 aromatic carbocycles. The summed E-state index contributed by atoms with van der Waals surface area (Å²) in [6.45, 7) is 2.29. The summed E-state index contributed by atoms with van der Waals surface area (Å²) in [4.78, 5) is 17.8. The molecule has 0 unspecified atom stereocenters. The zero-order valence-corrected chi connectivity index (χ0v) is 17.9. The predicted octanol–water partition coefficient (Wildman–Crippen LogP) is 4.57. The van der Waals surface area contributed by atoms with Gasteiger partial charge in [-0.05, 0) is 54.8 Å². The Balaban J connectivity index is 1.39. The van der Waals surface area contributed by atoms with Gasteiger partial charge in [0.2, 0.25) is 5.88 Å². The molecule has 0 bridgehead atoms. The van der Waals surface area contributed by atoms with Crippen LogP contribution in [0.4, 0.5) is 5.69 Å². The van der Waals surface area contributed by atoms with E-state index in [1.165, 1.54) is 0 Å². The van der Waals surface area contributed by atoms with Crippen molar-refractivity contribution >= 4 is 28.6 Å². The molecule has 9 heteroatoms. The van der Waals surface area contributed by atoms with Crippen molar-refractivity contribution in [1.82, 2.24) is 24.8 Å². The third-order valence-electron chi connectivity index (χ3n) is 4.74. The van der Waals surface area contributed by atoms with Gasteiger partial charge in [0.15, 0.2) is 11.5 Å². The fourth-order valence-corrected chi connectivity index (χ4v) is 3.93. The van der Waals surface area contributed by atoms with E-state index in [0.717, 1.165) is 16.1 Å². The molecule has 4 aromatic heterocycles. The van der Waals surface area contributed by atoms with Gasteiger partial charge in [0.25, 0.3) is 5.91 Å². The lowest BCUT2D eigenvalue weighted by Crippen LogP contribution is -2.14. The molecule has 0 saturated carbocycles. The number of hydrogen-bond donors (Lipinski definition) is 1. The number of benzene rings is 1. The number of fused-ring (bicyclic) bond motifs is 1. The molecular weight excluding hydrogens is 424 g/mol. The number of anilines is 1. The molecule has 5 aromatic rings. The monoisotopic (exact) mass is 442 g/mol. The Morgan fingerprint density at radius 2 is 1.94 bits per heavy atom. The number of carbonyl (C=O) groups is 1. The number of nitrogens with one attached hydrogen (secondary N) is 1. The molecule has 0 fully saturated rings. The van der Waals surface area contributed by atoms with Crippen LogP contribution in [0.25, 0.3) is 27.6 Å². The highest BCUT2D eigenvalue weighted by Crippen LogP contribution is 2.25. The summed E-state index contributed by atoms with van der Waals surface area (Å²) in [5, 5.41) is 18.1. The van der Waals surface area contributed by atoms with Crippen LogP contribution < -0.4 is 10.1 Å². The molecule has 1 amide bonds. The lowest BCUT2D eigenvalue weighted by atomic mass is 10.1. The first-order valence-electron chi connectivity index (χ1n) is 9.99. The Bertz CT molecular complexity index is 1380. The minimum absolute atomic E-state index is 0.279. The molecular formula is C23H18N6O2S. The van der Waals surface area contributed by atoms with Crippen LogP contribution in [-0.2, 0) is 0 Å². The highest BCUT2D eigenvalue weighted by Gasteiger charge is 2.14. The van der Waals surface area contributed by atoms with Crippen LogP contribution in [0.1, 0.15) is 17.3 Å². The third kappa shape index (κ3) is 3.81. The molecule has 0 radical (unpaired) electrons. The van der Waals surface area contributed by atoms with E-state index in [2.05, 4.69) is 20.5 Å². The number of pyridine rings is 1. The normalized spacial score (nSPS) is 10.9. The number of thiophene rings is 1. The maximum atomic E-state index is 12.7. The van der Waals surface area contributed by atoms with Gasteiger partial charge in [-0.15, -0.1) is 21.5 Å². The molecule has 8 nitrogen and oxygen atoms in total. The van der Waals surface area contributed by atoms with Crippen molar-refractivity contribution in [2.45, 2.75) is 6.92 Å². The summed E-state index contributed by atoms with van der Waals surface area (Å²) >= 11 is 1.59. The van der Waals surface area contributed by atoms with Gasteiger partial charge in [-0.2, -0.15) is 9.61 Å². The Morgan fingerprint density at radius 3 is 2.72 bits per heavy atom. The van der Waals surface area contributed by atoms with Crippen molar-refractivity contribution in [2.75, 3.05) is 11.9 Å². The minimum atomic E-state index is -0.279. The Kier molecular flexibility index (Phi) is 5.30. The first-order chi connectivity index (χ1) is 15.7. The van der Waals surface area contributed by atoms with Gasteiger partial charge >= 0.3 is 0 Å². The molecule has 0 aliphatic heterocycles. The van der Waals surface area contributed by atoms with E-state index in [1.54, 1.807) is 34.2 Å². The first-order valence-corrected chi connectivity index (χ1v) is 10.9. The standard InChI is InChI=1S/C23H18N6O2S/c1-2-31-23-17(5-3-13-24-23)22(30)25-16-9-7-15(8-10-16)18-11-12-20-26-27-21(29(20)28-18)19-6-4-14-32-19/h3-14H,2H2,1H3,(H,25,30). The number of carbonyl (C=O) groups excluding carboxylic acids is 1. The van der Waals surface area contributed by atoms with E-state index in [-0.39, 0.29) is 5.91 Å². The largest absolute Gasteiger partial charge is 0.477 e. The van der Waals surface area contributed by atoms with Crippen LogP contribution in [0, 0.1) is 0 Å². The molecule has 1 N–H and O–H groups in total. The van der Waals surface area contributed by atoms with Gasteiger partial charge in [0.1, 0.15) is 5.56 Å². The van der Waals surface area contributed by atoms with Crippen molar-refractivity contribution in [3.8, 4) is 27.8 Å². The molecule has 158 valence electrons. The lowest BCUT2D eigenvalue weighted by molar-refractivity contribution is 0.102. The number of ether oxygens (including phenoxy) is 1. The maximum absolute atomic E-state index is 12.7. The molecule has 0 aliphatic carbocycles. The van der Waals surface area contributed by atoms with Gasteiger partial charge in [0.05, 0.1) is 17.2 Å². The summed E-state index contributed by atoms with van der Waals surface area (Å²) in [6.07, 6.45) is 1.60. The highest BCUT2D eigenvalue weighted by molar-refractivity contribution is 7.13. The second kappa shape index (κ2) is 8.56. The number of aromatic nitrogens is 5. The van der Waals surface area contributed by atoms with Crippen LogP contribution in [0.15, 0.2) is 72.2 Å². The Labute approximate surface area is 187 Å². The predicted molar refractivity (Wildman–Crippen MR) is 123 cm³/mol. The minimum Gasteiger partial charge on any atom is -0.477 e. The Hall–Kier alpha value is -4.11. The van der Waals surface area contributed by atoms with Gasteiger partial charge in [-0.1, -0.05) is 18.2 Å². The highest BCUT2D eigenvalue weighted by atomic mass is 32.1. The smallest absolute Gasteiger partial charge is 0.261 e.